The topological polar surface area (TPSA) is 110 Å². The van der Waals surface area contributed by atoms with Crippen molar-refractivity contribution in [2.24, 2.45) is 11.5 Å². The maximum Gasteiger partial charge on any atom is 0.246 e. The molecule has 3 aromatic rings. The average Bonchev–Trinajstić information content (AvgIpc) is 2.86. The number of nitrogens with one attached hydrogen (secondary N) is 2. The third-order valence-corrected chi connectivity index (χ3v) is 7.03. The van der Waals surface area contributed by atoms with Crippen molar-refractivity contribution in [2.75, 3.05) is 13.1 Å². The molecule has 2 unspecified atom stereocenters. The maximum absolute atomic E-state index is 11.8. The largest absolute Gasteiger partial charge is 0.352 e. The van der Waals surface area contributed by atoms with Gasteiger partial charge < -0.3 is 22.1 Å². The summed E-state index contributed by atoms with van der Waals surface area (Å²) >= 11 is 3.64. The molecule has 3 rings (SSSR count). The number of halogens is 1. The summed E-state index contributed by atoms with van der Waals surface area (Å²) in [5.74, 6) is -0.266. The van der Waals surface area contributed by atoms with Crippen LogP contribution in [0.2, 0.25) is 0 Å². The number of rotatable bonds is 12. The van der Waals surface area contributed by atoms with Crippen molar-refractivity contribution in [3.63, 3.8) is 0 Å². The van der Waals surface area contributed by atoms with Gasteiger partial charge in [0, 0.05) is 40.8 Å². The first-order valence-electron chi connectivity index (χ1n) is 12.6. The second-order valence-electron chi connectivity index (χ2n) is 9.63. The highest BCUT2D eigenvalue weighted by atomic mass is 79.9. The second-order valence-corrected chi connectivity index (χ2v) is 10.5. The van der Waals surface area contributed by atoms with Crippen LogP contribution in [0.15, 0.2) is 71.2 Å². The molecule has 0 saturated carbocycles. The molecule has 37 heavy (non-hydrogen) atoms. The Morgan fingerprint density at radius 2 is 1.22 bits per heavy atom. The zero-order valence-electron chi connectivity index (χ0n) is 21.7. The van der Waals surface area contributed by atoms with Crippen LogP contribution in [-0.2, 0) is 9.59 Å². The summed E-state index contributed by atoms with van der Waals surface area (Å²) in [6.07, 6.45) is 2.94. The molecule has 196 valence electrons. The van der Waals surface area contributed by atoms with Crippen LogP contribution in [-0.4, -0.2) is 24.9 Å². The molecule has 2 atom stereocenters. The summed E-state index contributed by atoms with van der Waals surface area (Å²) < 4.78 is 0.972. The van der Waals surface area contributed by atoms with Crippen molar-refractivity contribution >= 4 is 49.3 Å². The molecule has 0 aliphatic rings. The SMILES string of the molecule is C=C(C)C(=O)NCCCC(N)c1c2ccccc2c(C(N)CCCNC(=O)C(=C)C)c2cc(Br)ccc12. The van der Waals surface area contributed by atoms with Crippen molar-refractivity contribution < 1.29 is 9.59 Å². The van der Waals surface area contributed by atoms with E-state index in [0.717, 1.165) is 62.8 Å². The Balaban J connectivity index is 1.93. The van der Waals surface area contributed by atoms with Gasteiger partial charge in [0.15, 0.2) is 0 Å². The predicted molar refractivity (Wildman–Crippen MR) is 157 cm³/mol. The van der Waals surface area contributed by atoms with Gasteiger partial charge in [-0.05, 0) is 84.3 Å². The summed E-state index contributed by atoms with van der Waals surface area (Å²) in [5.41, 5.74) is 16.8. The van der Waals surface area contributed by atoms with E-state index in [4.69, 9.17) is 11.5 Å². The van der Waals surface area contributed by atoms with Crippen molar-refractivity contribution in [1.29, 1.82) is 0 Å². The minimum absolute atomic E-state index is 0.133. The zero-order valence-corrected chi connectivity index (χ0v) is 23.3. The fourth-order valence-electron chi connectivity index (χ4n) is 4.65. The average molecular weight is 566 g/mol. The lowest BCUT2D eigenvalue weighted by atomic mass is 9.84. The van der Waals surface area contributed by atoms with E-state index in [-0.39, 0.29) is 23.9 Å². The minimum atomic E-state index is -0.217. The van der Waals surface area contributed by atoms with Gasteiger partial charge in [0.25, 0.3) is 0 Å². The Labute approximate surface area is 227 Å². The maximum atomic E-state index is 11.8. The highest BCUT2D eigenvalue weighted by Crippen LogP contribution is 2.40. The fraction of sp³-hybridized carbons (Fsp3) is 0.333. The van der Waals surface area contributed by atoms with Crippen molar-refractivity contribution in [2.45, 2.75) is 51.6 Å². The summed E-state index contributed by atoms with van der Waals surface area (Å²) in [7, 11) is 0. The lowest BCUT2D eigenvalue weighted by molar-refractivity contribution is -0.118. The van der Waals surface area contributed by atoms with Crippen LogP contribution in [0.25, 0.3) is 21.5 Å². The highest BCUT2D eigenvalue weighted by Gasteiger charge is 2.21. The van der Waals surface area contributed by atoms with Gasteiger partial charge in [0.1, 0.15) is 0 Å². The van der Waals surface area contributed by atoms with Crippen molar-refractivity contribution in [3.8, 4) is 0 Å². The molecule has 0 aliphatic heterocycles. The van der Waals surface area contributed by atoms with E-state index in [1.165, 1.54) is 0 Å². The van der Waals surface area contributed by atoms with Crippen LogP contribution in [0.1, 0.15) is 62.7 Å². The van der Waals surface area contributed by atoms with Gasteiger partial charge in [0.2, 0.25) is 11.8 Å². The Hall–Kier alpha value is -3.00. The number of hydrogen-bond acceptors (Lipinski definition) is 4. The lowest BCUT2D eigenvalue weighted by Gasteiger charge is -2.24. The summed E-state index contributed by atoms with van der Waals surface area (Å²) in [6, 6.07) is 14.1. The Bertz CT molecular complexity index is 1330. The number of hydrogen-bond donors (Lipinski definition) is 4. The number of nitrogens with two attached hydrogens (primary N) is 2. The smallest absolute Gasteiger partial charge is 0.246 e. The third kappa shape index (κ3) is 7.06. The van der Waals surface area contributed by atoms with Crippen LogP contribution >= 0.6 is 15.9 Å². The lowest BCUT2D eigenvalue weighted by Crippen LogP contribution is -2.26. The van der Waals surface area contributed by atoms with Gasteiger partial charge in [-0.2, -0.15) is 0 Å². The van der Waals surface area contributed by atoms with Gasteiger partial charge >= 0.3 is 0 Å². The molecular weight excluding hydrogens is 528 g/mol. The van der Waals surface area contributed by atoms with E-state index in [1.807, 2.05) is 18.2 Å². The van der Waals surface area contributed by atoms with Gasteiger partial charge in [0.05, 0.1) is 0 Å². The standard InChI is InChI=1S/C30H37BrN4O2/c1-18(2)29(36)34-15-7-11-25(32)27-21-9-5-6-10-22(21)28(24-17-20(31)13-14-23(24)27)26(33)12-8-16-35-30(37)19(3)4/h5-6,9-10,13-14,17,25-26H,1,3,7-8,11-12,15-16,32-33H2,2,4H3,(H,34,36)(H,35,37). The number of benzene rings is 3. The molecule has 2 amide bonds. The molecule has 0 aromatic heterocycles. The van der Waals surface area contributed by atoms with Crippen LogP contribution in [0.4, 0.5) is 0 Å². The third-order valence-electron chi connectivity index (χ3n) is 6.54. The Kier molecular flexibility index (Phi) is 10.0. The van der Waals surface area contributed by atoms with Crippen LogP contribution in [0, 0.1) is 0 Å². The van der Waals surface area contributed by atoms with Crippen molar-refractivity contribution in [1.82, 2.24) is 10.6 Å². The van der Waals surface area contributed by atoms with Crippen LogP contribution in [0.5, 0.6) is 0 Å². The molecule has 7 heteroatoms. The quantitative estimate of drug-likeness (QED) is 0.128. The number of carbonyl (C=O) groups is 2. The monoisotopic (exact) mass is 564 g/mol. The molecule has 0 heterocycles. The van der Waals surface area contributed by atoms with E-state index in [2.05, 4.69) is 64.0 Å². The van der Waals surface area contributed by atoms with Crippen LogP contribution < -0.4 is 22.1 Å². The molecule has 3 aromatic carbocycles. The van der Waals surface area contributed by atoms with Crippen molar-refractivity contribution in [3.05, 3.63) is 82.4 Å². The van der Waals surface area contributed by atoms with Gasteiger partial charge in [-0.1, -0.05) is 59.4 Å². The van der Waals surface area contributed by atoms with Crippen LogP contribution in [0.3, 0.4) is 0 Å². The van der Waals surface area contributed by atoms with E-state index in [1.54, 1.807) is 13.8 Å². The Morgan fingerprint density at radius 1 is 0.784 bits per heavy atom. The molecule has 0 bridgehead atoms. The van der Waals surface area contributed by atoms with E-state index >= 15 is 0 Å². The molecule has 0 radical (unpaired) electrons. The molecule has 0 spiro atoms. The van der Waals surface area contributed by atoms with E-state index in [0.29, 0.717) is 24.2 Å². The molecular formula is C30H37BrN4O2. The first kappa shape index (κ1) is 28.6. The number of carbonyl (C=O) groups excluding carboxylic acids is 2. The second kappa shape index (κ2) is 13.0. The zero-order chi connectivity index (χ0) is 27.1. The van der Waals surface area contributed by atoms with E-state index in [9.17, 15) is 9.59 Å². The van der Waals surface area contributed by atoms with E-state index < -0.39 is 0 Å². The molecule has 0 aliphatic carbocycles. The fourth-order valence-corrected chi connectivity index (χ4v) is 5.02. The first-order chi connectivity index (χ1) is 17.6. The highest BCUT2D eigenvalue weighted by molar-refractivity contribution is 9.10. The summed E-state index contributed by atoms with van der Waals surface area (Å²) in [5, 5.41) is 10.1. The molecule has 0 saturated heterocycles. The molecule has 6 nitrogen and oxygen atoms in total. The van der Waals surface area contributed by atoms with Gasteiger partial charge in [-0.25, -0.2) is 0 Å². The summed E-state index contributed by atoms with van der Waals surface area (Å²) in [6.45, 7) is 11.8. The Morgan fingerprint density at radius 3 is 1.68 bits per heavy atom. The van der Waals surface area contributed by atoms with Gasteiger partial charge in [-0.15, -0.1) is 0 Å². The van der Waals surface area contributed by atoms with Gasteiger partial charge in [-0.3, -0.25) is 9.59 Å². The number of amides is 2. The molecule has 6 N–H and O–H groups in total. The minimum Gasteiger partial charge on any atom is -0.352 e. The normalized spacial score (nSPS) is 12.8. The predicted octanol–water partition coefficient (Wildman–Crippen LogP) is 5.70. The first-order valence-corrected chi connectivity index (χ1v) is 13.4. The number of fused-ring (bicyclic) bond motifs is 2. The molecule has 0 fully saturated rings. The summed E-state index contributed by atoms with van der Waals surface area (Å²) in [4.78, 5) is 23.6.